The fourth-order valence-corrected chi connectivity index (χ4v) is 6.21. The molecule has 0 amide bonds. The number of unbranched alkanes of at least 4 members (excludes halogenated alkanes) is 6. The quantitative estimate of drug-likeness (QED) is 0.196. The smallest absolute Gasteiger partial charge is 0.500 e. The fourth-order valence-electron chi connectivity index (χ4n) is 3.60. The van der Waals surface area contributed by atoms with Crippen molar-refractivity contribution in [3.05, 3.63) is 23.8 Å². The molecule has 6 heteroatoms. The van der Waals surface area contributed by atoms with Gasteiger partial charge in [-0.15, -0.1) is 0 Å². The number of phenolic OH excluding ortho intramolecular Hbond substituents is 1. The van der Waals surface area contributed by atoms with Gasteiger partial charge in [-0.05, 0) is 63.8 Å². The molecule has 0 atom stereocenters. The average molecular weight is 441 g/mol. The predicted molar refractivity (Wildman–Crippen MR) is 125 cm³/mol. The molecule has 0 heterocycles. The summed E-state index contributed by atoms with van der Waals surface area (Å²) < 4.78 is 23.7. The average Bonchev–Trinajstić information content (AvgIpc) is 2.72. The van der Waals surface area contributed by atoms with Crippen LogP contribution >= 0.6 is 0 Å². The van der Waals surface area contributed by atoms with E-state index in [0.717, 1.165) is 43.2 Å². The maximum atomic E-state index is 10.2. The summed E-state index contributed by atoms with van der Waals surface area (Å²) in [6.45, 7) is 10.6. The first-order valence-electron chi connectivity index (χ1n) is 12.0. The molecule has 5 nitrogen and oxygen atoms in total. The first kappa shape index (κ1) is 27.0. The zero-order valence-corrected chi connectivity index (χ0v) is 20.7. The minimum Gasteiger partial charge on any atom is -0.508 e. The second kappa shape index (κ2) is 16.6. The second-order valence-corrected chi connectivity index (χ2v) is 10.3. The number of benzene rings is 1. The normalized spacial score (nSPS) is 11.7. The summed E-state index contributed by atoms with van der Waals surface area (Å²) in [7, 11) is -2.64. The summed E-state index contributed by atoms with van der Waals surface area (Å²) in [6.07, 6.45) is 10.5. The Kier molecular flexibility index (Phi) is 14.9. The van der Waals surface area contributed by atoms with Crippen molar-refractivity contribution >= 4 is 8.80 Å². The minimum atomic E-state index is -2.64. The summed E-state index contributed by atoms with van der Waals surface area (Å²) >= 11 is 0. The van der Waals surface area contributed by atoms with Gasteiger partial charge in [0.1, 0.15) is 11.5 Å². The highest BCUT2D eigenvalue weighted by atomic mass is 28.4. The van der Waals surface area contributed by atoms with E-state index in [0.29, 0.717) is 25.6 Å². The lowest BCUT2D eigenvalue weighted by molar-refractivity contribution is 0.0708. The molecular formula is C24H44O5Si. The topological polar surface area (TPSA) is 57.2 Å². The molecule has 1 aromatic rings. The second-order valence-electron chi connectivity index (χ2n) is 7.60. The van der Waals surface area contributed by atoms with Gasteiger partial charge in [-0.1, -0.05) is 45.4 Å². The highest BCUT2D eigenvalue weighted by Gasteiger charge is 2.39. The molecule has 174 valence electrons. The maximum Gasteiger partial charge on any atom is 0.500 e. The van der Waals surface area contributed by atoms with Gasteiger partial charge in [0.05, 0.1) is 6.61 Å². The number of hydrogen-bond acceptors (Lipinski definition) is 5. The van der Waals surface area contributed by atoms with Crippen LogP contribution in [0.1, 0.15) is 84.6 Å². The molecule has 1 N–H and O–H groups in total. The Bertz CT molecular complexity index is 535. The molecule has 0 saturated carbocycles. The van der Waals surface area contributed by atoms with Crippen molar-refractivity contribution in [1.29, 1.82) is 0 Å². The lowest BCUT2D eigenvalue weighted by Gasteiger charge is -2.28. The Labute approximate surface area is 185 Å². The molecule has 1 aromatic carbocycles. The van der Waals surface area contributed by atoms with Crippen LogP contribution in [0.25, 0.3) is 0 Å². The Hall–Kier alpha value is -1.08. The molecule has 1 rings (SSSR count). The van der Waals surface area contributed by atoms with E-state index in [1.54, 1.807) is 6.07 Å². The Balaban J connectivity index is 2.46. The van der Waals surface area contributed by atoms with E-state index in [1.165, 1.54) is 38.5 Å². The third kappa shape index (κ3) is 10.8. The third-order valence-corrected chi connectivity index (χ3v) is 8.24. The van der Waals surface area contributed by atoms with E-state index in [-0.39, 0.29) is 0 Å². The summed E-state index contributed by atoms with van der Waals surface area (Å²) in [4.78, 5) is 0. The number of aryl methyl sites for hydroxylation is 1. The molecule has 0 fully saturated rings. The van der Waals surface area contributed by atoms with Crippen LogP contribution < -0.4 is 4.74 Å². The zero-order chi connectivity index (χ0) is 22.1. The Morgan fingerprint density at radius 3 is 1.97 bits per heavy atom. The zero-order valence-electron chi connectivity index (χ0n) is 19.7. The van der Waals surface area contributed by atoms with Gasteiger partial charge < -0.3 is 23.1 Å². The largest absolute Gasteiger partial charge is 0.508 e. The van der Waals surface area contributed by atoms with Crippen molar-refractivity contribution in [1.82, 2.24) is 0 Å². The van der Waals surface area contributed by atoms with Crippen molar-refractivity contribution in [2.45, 2.75) is 91.5 Å². The maximum absolute atomic E-state index is 10.2. The van der Waals surface area contributed by atoms with E-state index in [2.05, 4.69) is 6.92 Å². The lowest BCUT2D eigenvalue weighted by Crippen LogP contribution is -2.46. The van der Waals surface area contributed by atoms with Crippen LogP contribution in [0.3, 0.4) is 0 Å². The molecule has 0 aliphatic carbocycles. The first-order chi connectivity index (χ1) is 14.6. The molecule has 30 heavy (non-hydrogen) atoms. The van der Waals surface area contributed by atoms with Crippen molar-refractivity contribution in [3.63, 3.8) is 0 Å². The van der Waals surface area contributed by atoms with E-state index in [1.807, 2.05) is 32.9 Å². The summed E-state index contributed by atoms with van der Waals surface area (Å²) in [5.41, 5.74) is 0.902. The van der Waals surface area contributed by atoms with E-state index < -0.39 is 8.80 Å². The van der Waals surface area contributed by atoms with Gasteiger partial charge in [0.25, 0.3) is 0 Å². The van der Waals surface area contributed by atoms with Crippen molar-refractivity contribution in [3.8, 4) is 11.5 Å². The van der Waals surface area contributed by atoms with E-state index in [4.69, 9.17) is 18.0 Å². The summed E-state index contributed by atoms with van der Waals surface area (Å²) in [5.74, 6) is 1.14. The molecule has 0 spiro atoms. The van der Waals surface area contributed by atoms with Crippen LogP contribution in [-0.2, 0) is 19.7 Å². The third-order valence-electron chi connectivity index (χ3n) is 5.09. The van der Waals surface area contributed by atoms with Crippen LogP contribution in [0.4, 0.5) is 0 Å². The molecule has 0 radical (unpaired) electrons. The number of aromatic hydroxyl groups is 1. The van der Waals surface area contributed by atoms with Crippen LogP contribution in [-0.4, -0.2) is 40.3 Å². The van der Waals surface area contributed by atoms with E-state index in [9.17, 15) is 5.11 Å². The number of ether oxygens (including phenoxy) is 1. The molecule has 0 unspecified atom stereocenters. The van der Waals surface area contributed by atoms with Gasteiger partial charge in [0, 0.05) is 25.9 Å². The number of hydrogen-bond donors (Lipinski definition) is 1. The molecule has 0 aliphatic rings. The summed E-state index contributed by atoms with van der Waals surface area (Å²) in [6, 6.07) is 6.28. The first-order valence-corrected chi connectivity index (χ1v) is 13.9. The van der Waals surface area contributed by atoms with Crippen LogP contribution in [0.15, 0.2) is 18.2 Å². The van der Waals surface area contributed by atoms with Crippen molar-refractivity contribution in [2.24, 2.45) is 0 Å². The molecule has 0 aromatic heterocycles. The van der Waals surface area contributed by atoms with Crippen LogP contribution in [0, 0.1) is 0 Å². The predicted octanol–water partition coefficient (Wildman–Crippen LogP) is 6.50. The van der Waals surface area contributed by atoms with Gasteiger partial charge in [0.2, 0.25) is 0 Å². The van der Waals surface area contributed by atoms with Gasteiger partial charge in [-0.25, -0.2) is 0 Å². The SMILES string of the molecule is CCCCCCCCCOc1ccc(O)c(CCC[Si](OCC)(OCC)OCC)c1. The van der Waals surface area contributed by atoms with Gasteiger partial charge in [-0.2, -0.15) is 0 Å². The molecule has 0 saturated heterocycles. The standard InChI is InChI=1S/C24H44O5Si/c1-5-9-10-11-12-13-14-19-26-23-17-18-24(25)22(21-23)16-15-20-30(27-6-2,28-7-3)29-8-4/h17-18,21,25H,5-16,19-20H2,1-4H3. The van der Waals surface area contributed by atoms with Gasteiger partial charge in [-0.3, -0.25) is 0 Å². The van der Waals surface area contributed by atoms with Crippen molar-refractivity contribution < 1.29 is 23.1 Å². The summed E-state index contributed by atoms with van der Waals surface area (Å²) in [5, 5.41) is 10.2. The monoisotopic (exact) mass is 440 g/mol. The van der Waals surface area contributed by atoms with Gasteiger partial charge >= 0.3 is 8.80 Å². The molecule has 0 aliphatic heterocycles. The van der Waals surface area contributed by atoms with Crippen molar-refractivity contribution in [2.75, 3.05) is 26.4 Å². The number of rotatable bonds is 19. The highest BCUT2D eigenvalue weighted by molar-refractivity contribution is 6.60. The Morgan fingerprint density at radius 1 is 0.767 bits per heavy atom. The molecular weight excluding hydrogens is 396 g/mol. The van der Waals surface area contributed by atoms with Crippen LogP contribution in [0.5, 0.6) is 11.5 Å². The molecule has 0 bridgehead atoms. The van der Waals surface area contributed by atoms with Crippen LogP contribution in [0.2, 0.25) is 6.04 Å². The fraction of sp³-hybridized carbons (Fsp3) is 0.750. The lowest BCUT2D eigenvalue weighted by atomic mass is 10.1. The van der Waals surface area contributed by atoms with E-state index >= 15 is 0 Å². The Morgan fingerprint density at radius 2 is 1.37 bits per heavy atom. The highest BCUT2D eigenvalue weighted by Crippen LogP contribution is 2.27. The van der Waals surface area contributed by atoms with Gasteiger partial charge in [0.15, 0.2) is 0 Å². The number of phenols is 1. The minimum absolute atomic E-state index is 0.315.